The lowest BCUT2D eigenvalue weighted by Gasteiger charge is -2.43. The molecule has 8 atom stereocenters. The van der Waals surface area contributed by atoms with Crippen molar-refractivity contribution >= 4 is 27.6 Å². The maximum absolute atomic E-state index is 12.8. The van der Waals surface area contributed by atoms with Crippen LogP contribution in [-0.2, 0) is 41.8 Å². The molecule has 0 bridgehead atoms. The molecule has 0 heterocycles. The van der Waals surface area contributed by atoms with Gasteiger partial charge in [0.25, 0.3) is 0 Å². The van der Waals surface area contributed by atoms with Gasteiger partial charge in [0.2, 0.25) is 0 Å². The molecule has 1 aliphatic carbocycles. The van der Waals surface area contributed by atoms with Crippen LogP contribution >= 0.6 is 15.6 Å². The third kappa shape index (κ3) is 24.6. The Bertz CT molecular complexity index is 1820. The van der Waals surface area contributed by atoms with Crippen molar-refractivity contribution in [1.82, 2.24) is 0 Å². The number of rotatable bonds is 24. The topological polar surface area (TPSA) is 256 Å². The lowest BCUT2D eigenvalue weighted by molar-refractivity contribution is -0.216. The summed E-state index contributed by atoms with van der Waals surface area (Å²) in [6, 6.07) is 0. The number of phosphoric ester groups is 2. The Labute approximate surface area is 340 Å². The van der Waals surface area contributed by atoms with Crippen LogP contribution in [0.15, 0.2) is 0 Å². The minimum atomic E-state index is -5.35. The largest absolute Gasteiger partial charge is 0.472 e. The lowest BCUT2D eigenvalue weighted by Crippen LogP contribution is -2.64. The first-order valence-electron chi connectivity index (χ1n) is 18.6. The van der Waals surface area contributed by atoms with Gasteiger partial charge in [0.15, 0.2) is 6.10 Å². The molecule has 0 amide bonds. The monoisotopic (exact) mass is 848 g/mol. The summed E-state index contributed by atoms with van der Waals surface area (Å²) in [4.78, 5) is 53.3. The van der Waals surface area contributed by atoms with E-state index in [2.05, 4.69) is 82.5 Å². The number of aliphatic hydroxyl groups excluding tert-OH is 4. The highest BCUT2D eigenvalue weighted by atomic mass is 31.2. The molecule has 0 aromatic heterocycles. The molecule has 58 heavy (non-hydrogen) atoms. The molecule has 316 valence electrons. The smallest absolute Gasteiger partial charge is 0.456 e. The Kier molecular flexibility index (Phi) is 26.9. The molecule has 7 N–H and O–H groups in total. The van der Waals surface area contributed by atoms with Gasteiger partial charge in [0, 0.05) is 12.3 Å². The highest BCUT2D eigenvalue weighted by molar-refractivity contribution is 7.47. The van der Waals surface area contributed by atoms with Gasteiger partial charge in [-0.1, -0.05) is 84.0 Å². The number of hydrogen-bond donors (Lipinski definition) is 7. The van der Waals surface area contributed by atoms with Gasteiger partial charge in [-0.3, -0.25) is 18.4 Å². The second-order valence-corrected chi connectivity index (χ2v) is 15.3. The maximum Gasteiger partial charge on any atom is 0.472 e. The Balaban J connectivity index is 2.81. The molecule has 0 saturated heterocycles. The van der Waals surface area contributed by atoms with Gasteiger partial charge in [0.1, 0.15) is 43.2 Å². The van der Waals surface area contributed by atoms with Crippen molar-refractivity contribution in [2.24, 2.45) is 0 Å². The van der Waals surface area contributed by atoms with E-state index >= 15 is 0 Å². The summed E-state index contributed by atoms with van der Waals surface area (Å²) in [7, 11) is -10.7. The van der Waals surface area contributed by atoms with Crippen molar-refractivity contribution in [3.63, 3.8) is 0 Å². The van der Waals surface area contributed by atoms with Gasteiger partial charge in [-0.05, 0) is 77.5 Å². The summed E-state index contributed by atoms with van der Waals surface area (Å²) in [5.41, 5.74) is 0. The number of hydrogen-bond acceptors (Lipinski definition) is 13. The van der Waals surface area contributed by atoms with E-state index in [0.717, 1.165) is 32.1 Å². The molecule has 0 aliphatic heterocycles. The third-order valence-electron chi connectivity index (χ3n) is 8.03. The van der Waals surface area contributed by atoms with Crippen LogP contribution in [0.1, 0.15) is 96.8 Å². The molecule has 0 spiro atoms. The molecule has 1 saturated carbocycles. The first-order chi connectivity index (χ1) is 27.6. The van der Waals surface area contributed by atoms with Crippen molar-refractivity contribution < 1.29 is 76.9 Å². The van der Waals surface area contributed by atoms with Crippen LogP contribution in [0.25, 0.3) is 0 Å². The van der Waals surface area contributed by atoms with Crippen molar-refractivity contribution in [3.05, 3.63) is 0 Å². The predicted octanol–water partition coefficient (Wildman–Crippen LogP) is 2.01. The second kappa shape index (κ2) is 30.0. The zero-order valence-corrected chi connectivity index (χ0v) is 33.9. The van der Waals surface area contributed by atoms with Crippen molar-refractivity contribution in [2.45, 2.75) is 140 Å². The quantitative estimate of drug-likeness (QED) is 0.0241. The highest BCUT2D eigenvalue weighted by Gasteiger charge is 2.54. The fourth-order valence-electron chi connectivity index (χ4n) is 5.20. The van der Waals surface area contributed by atoms with Crippen LogP contribution in [0.3, 0.4) is 0 Å². The molecule has 0 radical (unpaired) electrons. The Morgan fingerprint density at radius 1 is 0.603 bits per heavy atom. The number of phosphoric acid groups is 2. The average molecular weight is 849 g/mol. The van der Waals surface area contributed by atoms with Gasteiger partial charge >= 0.3 is 27.6 Å². The normalized spacial score (nSPS) is 20.9. The fraction of sp³-hybridized carbons (Fsp3) is 0.600. The van der Waals surface area contributed by atoms with Crippen molar-refractivity contribution in [2.75, 3.05) is 13.2 Å². The standard InChI is InChI=1S/C40H50O16P2/c1-3-5-7-9-11-13-15-17-19-21-23-25-27-29-34(42)54-32(30-52-33(41)28-26-24-22-20-18-16-14-12-10-8-6-4-2)31-53-58(50,51)56-40-37(45)35(43)39(36(44)38(40)46)55-57(47,48)49/h2,32,35-40,43-46H,3,5,7,9,11,13,15,17,19,21,23,25,27,29-31H2,1H3,(H,50,51)(H2,47,48,49)/t32-,35+,36?,37?,38+,39?,40?/m1/s1. The minimum Gasteiger partial charge on any atom is -0.456 e. The number of aliphatic hydroxyl groups is 4. The van der Waals surface area contributed by atoms with Gasteiger partial charge in [-0.15, -0.1) is 6.42 Å². The number of unbranched alkanes of at least 4 members (excludes halogenated alkanes) is 12. The minimum absolute atomic E-state index is 0.0309. The molecule has 5 unspecified atom stereocenters. The molecule has 1 aliphatic rings. The third-order valence-corrected chi connectivity index (χ3v) is 9.53. The number of carbonyl (C=O) groups excluding carboxylic acids is 2. The zero-order chi connectivity index (χ0) is 43.2. The van der Waals surface area contributed by atoms with Crippen molar-refractivity contribution in [3.8, 4) is 83.4 Å². The zero-order valence-electron chi connectivity index (χ0n) is 32.1. The first-order valence-corrected chi connectivity index (χ1v) is 21.6. The molecule has 18 heteroatoms. The van der Waals surface area contributed by atoms with E-state index in [0.29, 0.717) is 6.42 Å². The summed E-state index contributed by atoms with van der Waals surface area (Å²) in [5, 5.41) is 41.2. The SMILES string of the molecule is C#CC#CC#CC#CC#CC#CC#CC(=O)OC[C@H](COP(=O)(O)OC1C(O)[C@H](O)C(OP(=O)(O)O)C(O)[C@@H]1O)OC(=O)CCCCCCCCCCCCCCC. The Morgan fingerprint density at radius 3 is 1.47 bits per heavy atom. The maximum atomic E-state index is 12.8. The summed E-state index contributed by atoms with van der Waals surface area (Å²) < 4.78 is 48.2. The fourth-order valence-corrected chi connectivity index (χ4v) is 6.74. The molecular weight excluding hydrogens is 798 g/mol. The number of carbonyl (C=O) groups is 2. The highest BCUT2D eigenvalue weighted by Crippen LogP contribution is 2.48. The van der Waals surface area contributed by atoms with E-state index < -0.39 is 83.5 Å². The van der Waals surface area contributed by atoms with Crippen LogP contribution in [-0.4, -0.2) is 103 Å². The van der Waals surface area contributed by atoms with E-state index in [1.54, 1.807) is 0 Å². The average Bonchev–Trinajstić information content (AvgIpc) is 3.17. The van der Waals surface area contributed by atoms with E-state index in [-0.39, 0.29) is 6.42 Å². The van der Waals surface area contributed by atoms with Gasteiger partial charge in [0.05, 0.1) is 6.61 Å². The molecule has 1 rings (SSSR count). The summed E-state index contributed by atoms with van der Waals surface area (Å²) >= 11 is 0. The number of terminal acetylenes is 1. The number of esters is 2. The summed E-state index contributed by atoms with van der Waals surface area (Å²) in [5.74, 6) is 27.9. The van der Waals surface area contributed by atoms with Crippen LogP contribution in [0.2, 0.25) is 0 Å². The molecular formula is C40H50O16P2. The van der Waals surface area contributed by atoms with E-state index in [1.807, 2.05) is 5.92 Å². The first kappa shape index (κ1) is 51.9. The summed E-state index contributed by atoms with van der Waals surface area (Å²) in [6.45, 7) is 0.532. The Hall–Kier alpha value is -4.08. The molecule has 0 aromatic carbocycles. The van der Waals surface area contributed by atoms with E-state index in [1.165, 1.54) is 44.9 Å². The molecule has 16 nitrogen and oxygen atoms in total. The molecule has 1 fully saturated rings. The van der Waals surface area contributed by atoms with Crippen LogP contribution < -0.4 is 0 Å². The Morgan fingerprint density at radius 2 is 1.02 bits per heavy atom. The van der Waals surface area contributed by atoms with Crippen molar-refractivity contribution in [1.29, 1.82) is 0 Å². The van der Waals surface area contributed by atoms with Crippen LogP contribution in [0, 0.1) is 83.4 Å². The predicted molar refractivity (Wildman–Crippen MR) is 208 cm³/mol. The molecule has 0 aromatic rings. The second-order valence-electron chi connectivity index (χ2n) is 12.7. The van der Waals surface area contributed by atoms with Crippen LogP contribution in [0.4, 0.5) is 0 Å². The van der Waals surface area contributed by atoms with Gasteiger partial charge < -0.3 is 44.6 Å². The lowest BCUT2D eigenvalue weighted by atomic mass is 9.85. The van der Waals surface area contributed by atoms with Gasteiger partial charge in [-0.2, -0.15) is 0 Å². The van der Waals surface area contributed by atoms with Gasteiger partial charge in [-0.25, -0.2) is 13.9 Å². The summed E-state index contributed by atoms with van der Waals surface area (Å²) in [6.07, 6.45) is 3.85. The van der Waals surface area contributed by atoms with E-state index in [9.17, 15) is 44.0 Å². The van der Waals surface area contributed by atoms with Crippen LogP contribution in [0.5, 0.6) is 0 Å². The van der Waals surface area contributed by atoms with E-state index in [4.69, 9.17) is 34.7 Å². The number of ether oxygens (including phenoxy) is 2.